The van der Waals surface area contributed by atoms with E-state index in [0.29, 0.717) is 0 Å². The quantitative estimate of drug-likeness (QED) is 0.174. The van der Waals surface area contributed by atoms with Crippen LogP contribution in [0.2, 0.25) is 0 Å². The van der Waals surface area contributed by atoms with E-state index in [-0.39, 0.29) is 0 Å². The Balaban J connectivity index is 1.06. The number of para-hydroxylation sites is 2. The van der Waals surface area contributed by atoms with Crippen molar-refractivity contribution in [2.45, 2.75) is 0 Å². The number of fused-ring (bicyclic) bond motifs is 6. The lowest BCUT2D eigenvalue weighted by molar-refractivity contribution is 1.18. The van der Waals surface area contributed by atoms with Gasteiger partial charge in [-0.15, -0.1) is 11.3 Å². The molecular formula is C48H31NS. The largest absolute Gasteiger partial charge is 0.309 e. The summed E-state index contributed by atoms with van der Waals surface area (Å²) in [6, 6.07) is 68.6. The maximum atomic E-state index is 2.38. The van der Waals surface area contributed by atoms with Gasteiger partial charge in [-0.2, -0.15) is 0 Å². The third-order valence-corrected chi connectivity index (χ3v) is 11.2. The molecule has 0 aliphatic carbocycles. The topological polar surface area (TPSA) is 4.93 Å². The van der Waals surface area contributed by atoms with E-state index in [1.807, 2.05) is 11.3 Å². The molecule has 0 aliphatic heterocycles. The highest BCUT2D eigenvalue weighted by molar-refractivity contribution is 7.26. The molecule has 0 spiro atoms. The van der Waals surface area contributed by atoms with Gasteiger partial charge < -0.3 is 4.57 Å². The van der Waals surface area contributed by atoms with Gasteiger partial charge in [0.05, 0.1) is 11.0 Å². The molecule has 0 atom stereocenters. The van der Waals surface area contributed by atoms with E-state index in [1.165, 1.54) is 86.5 Å². The van der Waals surface area contributed by atoms with E-state index in [4.69, 9.17) is 0 Å². The van der Waals surface area contributed by atoms with Crippen LogP contribution >= 0.6 is 11.3 Å². The molecule has 2 aromatic heterocycles. The molecule has 1 nitrogen and oxygen atoms in total. The van der Waals surface area contributed by atoms with Gasteiger partial charge in [0.25, 0.3) is 0 Å². The molecule has 0 aliphatic rings. The van der Waals surface area contributed by atoms with Gasteiger partial charge in [0.15, 0.2) is 0 Å². The van der Waals surface area contributed by atoms with Crippen molar-refractivity contribution in [2.75, 3.05) is 0 Å². The van der Waals surface area contributed by atoms with Gasteiger partial charge >= 0.3 is 0 Å². The first-order valence-electron chi connectivity index (χ1n) is 17.1. The van der Waals surface area contributed by atoms with Crippen molar-refractivity contribution in [1.82, 2.24) is 4.57 Å². The van der Waals surface area contributed by atoms with Crippen LogP contribution in [0.3, 0.4) is 0 Å². The van der Waals surface area contributed by atoms with Gasteiger partial charge in [0.1, 0.15) is 0 Å². The Labute approximate surface area is 295 Å². The summed E-state index contributed by atoms with van der Waals surface area (Å²) in [7, 11) is 0. The summed E-state index contributed by atoms with van der Waals surface area (Å²) in [5.74, 6) is 0. The summed E-state index contributed by atoms with van der Waals surface area (Å²) < 4.78 is 5.06. The minimum absolute atomic E-state index is 1.16. The van der Waals surface area contributed by atoms with Gasteiger partial charge in [-0.25, -0.2) is 0 Å². The first-order chi connectivity index (χ1) is 24.8. The second kappa shape index (κ2) is 11.7. The number of aromatic nitrogens is 1. The molecule has 10 aromatic rings. The standard InChI is InChI=1S/C48H31NS/c1-2-11-32(12-3-1)36-29-37(33-21-23-35(24-22-33)40-16-10-17-44-43-15-6-9-20-47(43)50-48(40)44)31-38(30-36)34-25-27-39(28-26-34)49-45-18-7-4-13-41(45)42-14-5-8-19-46(42)49/h1-31H. The van der Waals surface area contributed by atoms with Gasteiger partial charge in [0.2, 0.25) is 0 Å². The Morgan fingerprint density at radius 3 is 1.44 bits per heavy atom. The van der Waals surface area contributed by atoms with Crippen LogP contribution in [0.1, 0.15) is 0 Å². The molecule has 234 valence electrons. The van der Waals surface area contributed by atoms with Gasteiger partial charge in [0, 0.05) is 36.6 Å². The van der Waals surface area contributed by atoms with E-state index in [0.717, 1.165) is 5.69 Å². The summed E-state index contributed by atoms with van der Waals surface area (Å²) >= 11 is 1.88. The molecule has 0 unspecified atom stereocenters. The Hall–Kier alpha value is -6.22. The van der Waals surface area contributed by atoms with Crippen LogP contribution in [0.5, 0.6) is 0 Å². The van der Waals surface area contributed by atoms with Gasteiger partial charge in [-0.1, -0.05) is 140 Å². The third kappa shape index (κ3) is 4.76. The predicted molar refractivity (Wildman–Crippen MR) is 215 cm³/mol. The average molecular weight is 654 g/mol. The Bertz CT molecular complexity index is 2780. The fraction of sp³-hybridized carbons (Fsp3) is 0. The molecule has 8 aromatic carbocycles. The normalized spacial score (nSPS) is 11.6. The summed E-state index contributed by atoms with van der Waals surface area (Å²) in [5, 5.41) is 5.22. The molecule has 50 heavy (non-hydrogen) atoms. The second-order valence-corrected chi connectivity index (χ2v) is 14.0. The SMILES string of the molecule is c1ccc(-c2cc(-c3ccc(-c4cccc5c4sc4ccccc45)cc3)cc(-c3ccc(-n4c5ccccc5c5ccccc54)cc3)c2)cc1. The smallest absolute Gasteiger partial charge is 0.0541 e. The molecule has 2 heteroatoms. The van der Waals surface area contributed by atoms with Crippen molar-refractivity contribution in [2.24, 2.45) is 0 Å². The molecule has 0 saturated carbocycles. The maximum absolute atomic E-state index is 2.38. The summed E-state index contributed by atoms with van der Waals surface area (Å²) in [6.07, 6.45) is 0. The number of benzene rings is 8. The predicted octanol–water partition coefficient (Wildman–Crippen LogP) is 13.8. The monoisotopic (exact) mass is 653 g/mol. The minimum atomic E-state index is 1.16. The fourth-order valence-electron chi connectivity index (χ4n) is 7.58. The Morgan fingerprint density at radius 2 is 0.800 bits per heavy atom. The maximum Gasteiger partial charge on any atom is 0.0541 e. The van der Waals surface area contributed by atoms with Crippen molar-refractivity contribution in [1.29, 1.82) is 0 Å². The number of thiophene rings is 1. The van der Waals surface area contributed by atoms with Crippen LogP contribution < -0.4 is 0 Å². The lowest BCUT2D eigenvalue weighted by Crippen LogP contribution is -1.93. The Morgan fingerprint density at radius 1 is 0.320 bits per heavy atom. The van der Waals surface area contributed by atoms with Crippen LogP contribution in [-0.4, -0.2) is 4.57 Å². The molecule has 0 bridgehead atoms. The lowest BCUT2D eigenvalue weighted by Gasteiger charge is -2.13. The van der Waals surface area contributed by atoms with Crippen molar-refractivity contribution in [3.05, 3.63) is 188 Å². The zero-order valence-corrected chi connectivity index (χ0v) is 28.1. The van der Waals surface area contributed by atoms with Crippen molar-refractivity contribution in [3.8, 4) is 50.2 Å². The fourth-order valence-corrected chi connectivity index (χ4v) is 8.82. The molecule has 0 saturated heterocycles. The third-order valence-electron chi connectivity index (χ3n) is 10.0. The molecule has 2 heterocycles. The van der Waals surface area contributed by atoms with Crippen LogP contribution in [0.25, 0.3) is 92.2 Å². The highest BCUT2D eigenvalue weighted by Gasteiger charge is 2.14. The highest BCUT2D eigenvalue weighted by Crippen LogP contribution is 2.41. The van der Waals surface area contributed by atoms with E-state index in [2.05, 4.69) is 193 Å². The lowest BCUT2D eigenvalue weighted by atomic mass is 9.92. The zero-order chi connectivity index (χ0) is 33.0. The molecular weight excluding hydrogens is 623 g/mol. The zero-order valence-electron chi connectivity index (χ0n) is 27.3. The van der Waals surface area contributed by atoms with Crippen LogP contribution in [0.15, 0.2) is 188 Å². The first-order valence-corrected chi connectivity index (χ1v) is 17.9. The number of hydrogen-bond acceptors (Lipinski definition) is 1. The van der Waals surface area contributed by atoms with Crippen LogP contribution in [0, 0.1) is 0 Å². The van der Waals surface area contributed by atoms with E-state index < -0.39 is 0 Å². The summed E-state index contributed by atoms with van der Waals surface area (Å²) in [4.78, 5) is 0. The Kier molecular flexibility index (Phi) is 6.75. The average Bonchev–Trinajstić information content (AvgIpc) is 3.74. The highest BCUT2D eigenvalue weighted by atomic mass is 32.1. The second-order valence-electron chi connectivity index (χ2n) is 12.9. The molecule has 10 rings (SSSR count). The van der Waals surface area contributed by atoms with E-state index in [1.54, 1.807) is 0 Å². The molecule has 0 radical (unpaired) electrons. The van der Waals surface area contributed by atoms with Crippen LogP contribution in [-0.2, 0) is 0 Å². The summed E-state index contributed by atoms with van der Waals surface area (Å²) in [5.41, 5.74) is 13.4. The van der Waals surface area contributed by atoms with E-state index in [9.17, 15) is 0 Å². The molecule has 0 fully saturated rings. The first kappa shape index (κ1) is 28.8. The van der Waals surface area contributed by atoms with Crippen molar-refractivity contribution < 1.29 is 0 Å². The number of hydrogen-bond donors (Lipinski definition) is 0. The van der Waals surface area contributed by atoms with Crippen molar-refractivity contribution >= 4 is 53.3 Å². The van der Waals surface area contributed by atoms with E-state index >= 15 is 0 Å². The van der Waals surface area contributed by atoms with Gasteiger partial charge in [-0.05, 0) is 93.0 Å². The number of rotatable bonds is 5. The summed E-state index contributed by atoms with van der Waals surface area (Å²) in [6.45, 7) is 0. The number of nitrogens with zero attached hydrogens (tertiary/aromatic N) is 1. The van der Waals surface area contributed by atoms with Crippen molar-refractivity contribution in [3.63, 3.8) is 0 Å². The van der Waals surface area contributed by atoms with Gasteiger partial charge in [-0.3, -0.25) is 0 Å². The molecule has 0 amide bonds. The molecule has 0 N–H and O–H groups in total. The van der Waals surface area contributed by atoms with Crippen LogP contribution in [0.4, 0.5) is 0 Å². The minimum Gasteiger partial charge on any atom is -0.309 e.